The predicted octanol–water partition coefficient (Wildman–Crippen LogP) is 1.44. The van der Waals surface area contributed by atoms with Crippen molar-refractivity contribution in [3.05, 3.63) is 24.3 Å². The number of benzene rings is 1. The molecule has 0 aliphatic carbocycles. The lowest BCUT2D eigenvalue weighted by Crippen LogP contribution is -2.48. The maximum absolute atomic E-state index is 11.9. The van der Waals surface area contributed by atoms with Crippen molar-refractivity contribution in [1.82, 2.24) is 5.32 Å². The van der Waals surface area contributed by atoms with Crippen molar-refractivity contribution in [3.63, 3.8) is 0 Å². The van der Waals surface area contributed by atoms with E-state index in [2.05, 4.69) is 5.32 Å². The number of carboxylic acid groups (broad SMARTS) is 1. The molecule has 0 saturated heterocycles. The molecule has 0 radical (unpaired) electrons. The first-order chi connectivity index (χ1) is 9.36. The van der Waals surface area contributed by atoms with Crippen LogP contribution < -0.4 is 14.8 Å². The number of carbonyl (C=O) groups excluding carboxylic acids is 1. The molecule has 0 atom stereocenters. The van der Waals surface area contributed by atoms with E-state index in [9.17, 15) is 9.59 Å². The zero-order valence-electron chi connectivity index (χ0n) is 11.8. The quantitative estimate of drug-likeness (QED) is 0.790. The van der Waals surface area contributed by atoms with Gasteiger partial charge >= 0.3 is 5.97 Å². The molecule has 0 unspecified atom stereocenters. The highest BCUT2D eigenvalue weighted by atomic mass is 16.5. The van der Waals surface area contributed by atoms with Gasteiger partial charge in [-0.2, -0.15) is 0 Å². The van der Waals surface area contributed by atoms with E-state index in [4.69, 9.17) is 14.6 Å². The molecule has 2 N–H and O–H groups in total. The molecule has 0 fully saturated rings. The summed E-state index contributed by atoms with van der Waals surface area (Å²) in [5.74, 6) is -0.644. The number of aliphatic carboxylic acids is 1. The average Bonchev–Trinajstić information content (AvgIpc) is 2.38. The van der Waals surface area contributed by atoms with Gasteiger partial charge in [-0.25, -0.2) is 0 Å². The molecular formula is C14H19NO5. The molecule has 1 aromatic rings. The Morgan fingerprint density at radius 2 is 1.85 bits per heavy atom. The monoisotopic (exact) mass is 281 g/mol. The first-order valence-electron chi connectivity index (χ1n) is 6.27. The Morgan fingerprint density at radius 3 is 2.40 bits per heavy atom. The van der Waals surface area contributed by atoms with Crippen molar-refractivity contribution in [2.45, 2.75) is 26.4 Å². The first-order valence-corrected chi connectivity index (χ1v) is 6.27. The van der Waals surface area contributed by atoms with Gasteiger partial charge in [0, 0.05) is 0 Å². The van der Waals surface area contributed by atoms with Gasteiger partial charge in [-0.1, -0.05) is 12.1 Å². The topological polar surface area (TPSA) is 84.9 Å². The number of carboxylic acids is 1. The molecular weight excluding hydrogens is 262 g/mol. The lowest BCUT2D eigenvalue weighted by molar-refractivity contribution is -0.141. The Hall–Kier alpha value is -2.24. The molecule has 1 amide bonds. The minimum Gasteiger partial charge on any atom is -0.490 e. The van der Waals surface area contributed by atoms with Crippen LogP contribution in [0.15, 0.2) is 24.3 Å². The summed E-state index contributed by atoms with van der Waals surface area (Å²) < 4.78 is 11.1. The second kappa shape index (κ2) is 6.79. The van der Waals surface area contributed by atoms with Gasteiger partial charge in [0.15, 0.2) is 17.1 Å². The molecule has 6 heteroatoms. The zero-order valence-corrected chi connectivity index (χ0v) is 11.8. The van der Waals surface area contributed by atoms with Gasteiger partial charge in [0.1, 0.15) is 6.54 Å². The Labute approximate surface area is 117 Å². The van der Waals surface area contributed by atoms with Crippen molar-refractivity contribution in [2.24, 2.45) is 0 Å². The predicted molar refractivity (Wildman–Crippen MR) is 73.0 cm³/mol. The van der Waals surface area contributed by atoms with Gasteiger partial charge in [-0.05, 0) is 32.9 Å². The summed E-state index contributed by atoms with van der Waals surface area (Å²) in [6.07, 6.45) is 0. The Kier molecular flexibility index (Phi) is 5.37. The van der Waals surface area contributed by atoms with E-state index in [1.54, 1.807) is 38.1 Å². The maximum Gasteiger partial charge on any atom is 0.322 e. The lowest BCUT2D eigenvalue weighted by atomic mass is 10.1. The summed E-state index contributed by atoms with van der Waals surface area (Å²) in [6.45, 7) is 5.01. The van der Waals surface area contributed by atoms with Crippen LogP contribution in [0.1, 0.15) is 20.8 Å². The number of carbonyl (C=O) groups is 2. The average molecular weight is 281 g/mol. The van der Waals surface area contributed by atoms with E-state index >= 15 is 0 Å². The Morgan fingerprint density at radius 1 is 1.25 bits per heavy atom. The number of rotatable bonds is 7. The molecule has 0 aliphatic heterocycles. The second-order valence-corrected chi connectivity index (χ2v) is 4.57. The zero-order chi connectivity index (χ0) is 15.2. The van der Waals surface area contributed by atoms with E-state index in [-0.39, 0.29) is 0 Å². The van der Waals surface area contributed by atoms with E-state index in [0.717, 1.165) is 0 Å². The fraction of sp³-hybridized carbons (Fsp3) is 0.429. The van der Waals surface area contributed by atoms with Gasteiger partial charge in [-0.15, -0.1) is 0 Å². The second-order valence-electron chi connectivity index (χ2n) is 4.57. The third-order valence-electron chi connectivity index (χ3n) is 2.46. The number of ether oxygens (including phenoxy) is 2. The summed E-state index contributed by atoms with van der Waals surface area (Å²) in [7, 11) is 0. The number of hydrogen-bond donors (Lipinski definition) is 2. The molecule has 0 aromatic heterocycles. The molecule has 0 saturated carbocycles. The van der Waals surface area contributed by atoms with Gasteiger partial charge in [-0.3, -0.25) is 9.59 Å². The van der Waals surface area contributed by atoms with Crippen LogP contribution in [0.25, 0.3) is 0 Å². The van der Waals surface area contributed by atoms with Crippen molar-refractivity contribution in [2.75, 3.05) is 13.2 Å². The smallest absolute Gasteiger partial charge is 0.322 e. The molecule has 0 bridgehead atoms. The molecule has 6 nitrogen and oxygen atoms in total. The van der Waals surface area contributed by atoms with Crippen molar-refractivity contribution >= 4 is 11.9 Å². The summed E-state index contributed by atoms with van der Waals surface area (Å²) in [5, 5.41) is 10.8. The van der Waals surface area contributed by atoms with Gasteiger partial charge in [0.05, 0.1) is 6.61 Å². The molecule has 0 heterocycles. The van der Waals surface area contributed by atoms with Crippen LogP contribution >= 0.6 is 0 Å². The minimum absolute atomic E-state index is 0.435. The van der Waals surface area contributed by atoms with Crippen LogP contribution in [0.2, 0.25) is 0 Å². The van der Waals surface area contributed by atoms with Crippen molar-refractivity contribution < 1.29 is 24.2 Å². The highest BCUT2D eigenvalue weighted by Crippen LogP contribution is 2.29. The van der Waals surface area contributed by atoms with E-state index in [1.807, 2.05) is 6.92 Å². The molecule has 20 heavy (non-hydrogen) atoms. The van der Waals surface area contributed by atoms with E-state index in [0.29, 0.717) is 18.1 Å². The molecule has 0 aliphatic rings. The Bertz CT molecular complexity index is 484. The van der Waals surface area contributed by atoms with Gasteiger partial charge < -0.3 is 19.9 Å². The minimum atomic E-state index is -1.21. The highest BCUT2D eigenvalue weighted by molar-refractivity contribution is 5.87. The molecule has 1 aromatic carbocycles. The van der Waals surface area contributed by atoms with Crippen molar-refractivity contribution in [1.29, 1.82) is 0 Å². The largest absolute Gasteiger partial charge is 0.490 e. The van der Waals surface area contributed by atoms with Crippen LogP contribution in [-0.2, 0) is 9.59 Å². The van der Waals surface area contributed by atoms with Crippen LogP contribution in [0.3, 0.4) is 0 Å². The number of amides is 1. The molecule has 110 valence electrons. The van der Waals surface area contributed by atoms with Crippen molar-refractivity contribution in [3.8, 4) is 11.5 Å². The fourth-order valence-corrected chi connectivity index (χ4v) is 1.50. The SMILES string of the molecule is CCOc1ccccc1OC(C)(C)C(=O)NCC(=O)O. The summed E-state index contributed by atoms with van der Waals surface area (Å²) in [4.78, 5) is 22.4. The highest BCUT2D eigenvalue weighted by Gasteiger charge is 2.31. The summed E-state index contributed by atoms with van der Waals surface area (Å²) in [6, 6.07) is 7.00. The van der Waals surface area contributed by atoms with Crippen LogP contribution in [0.4, 0.5) is 0 Å². The normalized spacial score (nSPS) is 10.8. The molecule has 1 rings (SSSR count). The number of para-hydroxylation sites is 2. The summed E-state index contributed by atoms with van der Waals surface area (Å²) in [5.41, 5.74) is -1.21. The number of hydrogen-bond acceptors (Lipinski definition) is 4. The lowest BCUT2D eigenvalue weighted by Gasteiger charge is -2.26. The van der Waals surface area contributed by atoms with Crippen LogP contribution in [0, 0.1) is 0 Å². The summed E-state index contributed by atoms with van der Waals surface area (Å²) >= 11 is 0. The number of nitrogens with one attached hydrogen (secondary N) is 1. The Balaban J connectivity index is 2.79. The van der Waals surface area contributed by atoms with E-state index < -0.39 is 24.0 Å². The van der Waals surface area contributed by atoms with E-state index in [1.165, 1.54) is 0 Å². The van der Waals surface area contributed by atoms with Crippen LogP contribution in [0.5, 0.6) is 11.5 Å². The third kappa shape index (κ3) is 4.46. The molecule has 0 spiro atoms. The van der Waals surface area contributed by atoms with Gasteiger partial charge in [0.25, 0.3) is 5.91 Å². The first kappa shape index (κ1) is 15.8. The fourth-order valence-electron chi connectivity index (χ4n) is 1.50. The van der Waals surface area contributed by atoms with Crippen LogP contribution in [-0.4, -0.2) is 35.7 Å². The third-order valence-corrected chi connectivity index (χ3v) is 2.46. The van der Waals surface area contributed by atoms with Gasteiger partial charge in [0.2, 0.25) is 0 Å². The maximum atomic E-state index is 11.9. The standard InChI is InChI=1S/C14H19NO5/c1-4-19-10-7-5-6-8-11(10)20-14(2,3)13(18)15-9-12(16)17/h5-8H,4,9H2,1-3H3,(H,15,18)(H,16,17).